The second kappa shape index (κ2) is 10.9. The lowest BCUT2D eigenvalue weighted by molar-refractivity contribution is 0.0989. The molecule has 0 unspecified atom stereocenters. The molecule has 0 atom stereocenters. The maximum Gasteiger partial charge on any atom is 0.232 e. The van der Waals surface area contributed by atoms with Gasteiger partial charge in [0.15, 0.2) is 5.78 Å². The fourth-order valence-electron chi connectivity index (χ4n) is 4.66. The van der Waals surface area contributed by atoms with E-state index < -0.39 is 10.0 Å². The molecule has 194 valence electrons. The van der Waals surface area contributed by atoms with Crippen molar-refractivity contribution in [3.8, 4) is 22.5 Å². The van der Waals surface area contributed by atoms with Crippen LogP contribution in [-0.2, 0) is 10.0 Å². The molecule has 4 rings (SSSR count). The fraction of sp³-hybridized carbons (Fsp3) is 0.323. The van der Waals surface area contributed by atoms with Gasteiger partial charge in [-0.3, -0.25) is 9.10 Å². The summed E-state index contributed by atoms with van der Waals surface area (Å²) in [7, 11) is -3.57. The van der Waals surface area contributed by atoms with Crippen molar-refractivity contribution in [3.05, 3.63) is 77.9 Å². The van der Waals surface area contributed by atoms with E-state index in [2.05, 4.69) is 13.8 Å². The standard InChI is InChI=1S/C31H35NO4S/c1-6-28(33)30-26-19-25(23-12-8-7-9-13-23)27(32(37(5,34)35)18-10-11-21(2)3)20-29(26)36-31(30)24-16-14-22(4)15-17-24/h7-9,12-17,19-21H,6,10-11,18H2,1-5H3. The Balaban J connectivity index is 2.01. The first-order chi connectivity index (χ1) is 17.6. The van der Waals surface area contributed by atoms with Crippen molar-refractivity contribution < 1.29 is 17.6 Å². The van der Waals surface area contributed by atoms with E-state index >= 15 is 0 Å². The molecule has 0 fully saturated rings. The number of hydrogen-bond donors (Lipinski definition) is 0. The van der Waals surface area contributed by atoms with Gasteiger partial charge < -0.3 is 4.42 Å². The van der Waals surface area contributed by atoms with Crippen LogP contribution in [0, 0.1) is 12.8 Å². The Bertz CT molecular complexity index is 1500. The molecule has 3 aromatic carbocycles. The lowest BCUT2D eigenvalue weighted by Crippen LogP contribution is -2.31. The van der Waals surface area contributed by atoms with Gasteiger partial charge in [-0.05, 0) is 37.3 Å². The number of carbonyl (C=O) groups excluding carboxylic acids is 1. The largest absolute Gasteiger partial charge is 0.455 e. The van der Waals surface area contributed by atoms with E-state index in [4.69, 9.17) is 4.42 Å². The molecule has 0 spiro atoms. The van der Waals surface area contributed by atoms with Crippen molar-refractivity contribution in [2.24, 2.45) is 5.92 Å². The van der Waals surface area contributed by atoms with Crippen molar-refractivity contribution in [3.63, 3.8) is 0 Å². The van der Waals surface area contributed by atoms with Crippen LogP contribution in [-0.4, -0.2) is 27.0 Å². The number of benzene rings is 3. The maximum absolute atomic E-state index is 13.2. The van der Waals surface area contributed by atoms with E-state index in [9.17, 15) is 13.2 Å². The van der Waals surface area contributed by atoms with Gasteiger partial charge in [-0.15, -0.1) is 0 Å². The monoisotopic (exact) mass is 517 g/mol. The maximum atomic E-state index is 13.2. The molecule has 5 nitrogen and oxygen atoms in total. The summed E-state index contributed by atoms with van der Waals surface area (Å²) in [4.78, 5) is 13.2. The fourth-order valence-corrected chi connectivity index (χ4v) is 5.63. The van der Waals surface area contributed by atoms with Crippen molar-refractivity contribution >= 4 is 32.5 Å². The molecule has 0 aliphatic rings. The van der Waals surface area contributed by atoms with Gasteiger partial charge in [-0.25, -0.2) is 8.42 Å². The van der Waals surface area contributed by atoms with Crippen LogP contribution in [0.2, 0.25) is 0 Å². The second-order valence-electron chi connectivity index (χ2n) is 10.1. The third-order valence-corrected chi connectivity index (χ3v) is 7.80. The normalized spacial score (nSPS) is 11.8. The number of carbonyl (C=O) groups is 1. The lowest BCUT2D eigenvalue weighted by Gasteiger charge is -2.25. The first-order valence-corrected chi connectivity index (χ1v) is 14.7. The van der Waals surface area contributed by atoms with Crippen LogP contribution in [0.4, 0.5) is 5.69 Å². The Hall–Kier alpha value is -3.38. The molecular formula is C31H35NO4S. The average molecular weight is 518 g/mol. The molecule has 0 amide bonds. The minimum atomic E-state index is -3.57. The van der Waals surface area contributed by atoms with Crippen LogP contribution in [0.25, 0.3) is 33.4 Å². The molecule has 0 saturated heterocycles. The summed E-state index contributed by atoms with van der Waals surface area (Å²) in [6.45, 7) is 8.49. The summed E-state index contributed by atoms with van der Waals surface area (Å²) in [5.74, 6) is 0.976. The number of sulfonamides is 1. The summed E-state index contributed by atoms with van der Waals surface area (Å²) in [6.07, 6.45) is 3.24. The molecule has 0 N–H and O–H groups in total. The zero-order valence-corrected chi connectivity index (χ0v) is 23.1. The minimum Gasteiger partial charge on any atom is -0.455 e. The number of Topliss-reactive ketones (excluding diaryl/α,β-unsaturated/α-hetero) is 1. The SMILES string of the molecule is CCC(=O)c1c(-c2ccc(C)cc2)oc2cc(N(CCCC(C)C)S(C)(=O)=O)c(-c3ccccc3)cc12. The smallest absolute Gasteiger partial charge is 0.232 e. The minimum absolute atomic E-state index is 0.0158. The van der Waals surface area contributed by atoms with Crippen LogP contribution in [0.1, 0.15) is 56.0 Å². The summed E-state index contributed by atoms with van der Waals surface area (Å²) < 4.78 is 33.9. The van der Waals surface area contributed by atoms with Crippen molar-refractivity contribution in [1.29, 1.82) is 0 Å². The first-order valence-electron chi connectivity index (χ1n) is 12.8. The molecule has 0 bridgehead atoms. The average Bonchev–Trinajstić information content (AvgIpc) is 3.24. The number of aryl methyl sites for hydroxylation is 1. The van der Waals surface area contributed by atoms with E-state index in [1.165, 1.54) is 10.6 Å². The third kappa shape index (κ3) is 5.80. The molecular weight excluding hydrogens is 482 g/mol. The Morgan fingerprint density at radius 2 is 1.65 bits per heavy atom. The zero-order valence-electron chi connectivity index (χ0n) is 22.2. The molecule has 0 aliphatic carbocycles. The van der Waals surface area contributed by atoms with Gasteiger partial charge in [0.2, 0.25) is 10.0 Å². The van der Waals surface area contributed by atoms with E-state index in [0.717, 1.165) is 35.1 Å². The highest BCUT2D eigenvalue weighted by molar-refractivity contribution is 7.92. The Labute approximate surface area is 220 Å². The predicted molar refractivity (Wildman–Crippen MR) is 153 cm³/mol. The highest BCUT2D eigenvalue weighted by atomic mass is 32.2. The van der Waals surface area contributed by atoms with E-state index in [-0.39, 0.29) is 5.78 Å². The number of nitrogens with zero attached hydrogens (tertiary/aromatic N) is 1. The molecule has 0 saturated carbocycles. The zero-order chi connectivity index (χ0) is 26.7. The van der Waals surface area contributed by atoms with Gasteiger partial charge in [0.25, 0.3) is 0 Å². The molecule has 4 aromatic rings. The van der Waals surface area contributed by atoms with E-state index in [0.29, 0.717) is 46.9 Å². The third-order valence-electron chi connectivity index (χ3n) is 6.62. The highest BCUT2D eigenvalue weighted by Crippen LogP contribution is 2.42. The number of anilines is 1. The summed E-state index contributed by atoms with van der Waals surface area (Å²) in [6, 6.07) is 21.3. The summed E-state index contributed by atoms with van der Waals surface area (Å²) in [5.41, 5.74) is 5.16. The molecule has 0 aliphatic heterocycles. The lowest BCUT2D eigenvalue weighted by atomic mass is 9.96. The summed E-state index contributed by atoms with van der Waals surface area (Å²) in [5, 5.41) is 0.695. The van der Waals surface area contributed by atoms with Crippen LogP contribution >= 0.6 is 0 Å². The predicted octanol–water partition coefficient (Wildman–Crippen LogP) is 7.87. The molecule has 0 radical (unpaired) electrons. The first kappa shape index (κ1) is 26.7. The number of hydrogen-bond acceptors (Lipinski definition) is 4. The van der Waals surface area contributed by atoms with E-state index in [1.807, 2.05) is 74.5 Å². The Morgan fingerprint density at radius 1 is 0.973 bits per heavy atom. The molecule has 1 heterocycles. The van der Waals surface area contributed by atoms with Crippen LogP contribution in [0.15, 0.2) is 71.1 Å². The molecule has 1 aromatic heterocycles. The number of rotatable bonds is 10. The van der Waals surface area contributed by atoms with Gasteiger partial charge in [0.1, 0.15) is 11.3 Å². The van der Waals surface area contributed by atoms with Gasteiger partial charge in [-0.2, -0.15) is 0 Å². The number of furan rings is 1. The van der Waals surface area contributed by atoms with Gasteiger partial charge in [0.05, 0.1) is 17.5 Å². The number of ketones is 1. The quantitative estimate of drug-likeness (QED) is 0.201. The van der Waals surface area contributed by atoms with Crippen molar-refractivity contribution in [1.82, 2.24) is 0 Å². The van der Waals surface area contributed by atoms with Gasteiger partial charge >= 0.3 is 0 Å². The topological polar surface area (TPSA) is 67.6 Å². The molecule has 37 heavy (non-hydrogen) atoms. The highest BCUT2D eigenvalue weighted by Gasteiger charge is 2.27. The van der Waals surface area contributed by atoms with Crippen LogP contribution < -0.4 is 4.31 Å². The molecule has 6 heteroatoms. The van der Waals surface area contributed by atoms with E-state index in [1.54, 1.807) is 6.07 Å². The summed E-state index contributed by atoms with van der Waals surface area (Å²) >= 11 is 0. The Morgan fingerprint density at radius 3 is 2.24 bits per heavy atom. The second-order valence-corrected chi connectivity index (χ2v) is 12.0. The Kier molecular flexibility index (Phi) is 7.88. The number of fused-ring (bicyclic) bond motifs is 1. The van der Waals surface area contributed by atoms with Crippen molar-refractivity contribution in [2.75, 3.05) is 17.1 Å². The van der Waals surface area contributed by atoms with Crippen LogP contribution in [0.3, 0.4) is 0 Å². The van der Waals surface area contributed by atoms with Gasteiger partial charge in [-0.1, -0.05) is 80.9 Å². The van der Waals surface area contributed by atoms with Gasteiger partial charge in [0, 0.05) is 35.5 Å². The van der Waals surface area contributed by atoms with Crippen molar-refractivity contribution in [2.45, 2.75) is 47.0 Å². The van der Waals surface area contributed by atoms with Crippen LogP contribution in [0.5, 0.6) is 0 Å².